The number of hydrogen-bond acceptors (Lipinski definition) is 2. The summed E-state index contributed by atoms with van der Waals surface area (Å²) in [6.45, 7) is 6.86. The predicted octanol–water partition coefficient (Wildman–Crippen LogP) is 4.41. The predicted molar refractivity (Wildman–Crippen MR) is 78.0 cm³/mol. The van der Waals surface area contributed by atoms with E-state index < -0.39 is 0 Å². The van der Waals surface area contributed by atoms with E-state index in [9.17, 15) is 0 Å². The summed E-state index contributed by atoms with van der Waals surface area (Å²) < 4.78 is 10.5. The van der Waals surface area contributed by atoms with Crippen molar-refractivity contribution in [2.24, 2.45) is 5.41 Å². The first kappa shape index (κ1) is 17.4. The van der Waals surface area contributed by atoms with E-state index in [1.807, 2.05) is 0 Å². The monoisotopic (exact) mass is 308 g/mol. The molecule has 0 radical (unpaired) electrons. The van der Waals surface area contributed by atoms with Gasteiger partial charge in [0.15, 0.2) is 0 Å². The second-order valence-corrected chi connectivity index (χ2v) is 5.36. The molecule has 0 saturated carbocycles. The topological polar surface area (TPSA) is 18.5 Å². The van der Waals surface area contributed by atoms with Crippen molar-refractivity contribution in [1.29, 1.82) is 0 Å². The van der Waals surface area contributed by atoms with Crippen LogP contribution in [0.3, 0.4) is 0 Å². The lowest BCUT2D eigenvalue weighted by molar-refractivity contribution is 0.0636. The van der Waals surface area contributed by atoms with E-state index in [0.717, 1.165) is 25.0 Å². The Balaban J connectivity index is 3.75. The molecular formula is C14H29BrO2. The largest absolute Gasteiger partial charge is 0.382 e. The Labute approximate surface area is 116 Å². The van der Waals surface area contributed by atoms with Crippen LogP contribution in [0.1, 0.15) is 52.4 Å². The van der Waals surface area contributed by atoms with Crippen molar-refractivity contribution in [3.8, 4) is 0 Å². The minimum Gasteiger partial charge on any atom is -0.382 e. The first-order valence-electron chi connectivity index (χ1n) is 6.87. The van der Waals surface area contributed by atoms with Crippen LogP contribution in [0.4, 0.5) is 0 Å². The van der Waals surface area contributed by atoms with Crippen molar-refractivity contribution >= 4 is 15.9 Å². The van der Waals surface area contributed by atoms with Gasteiger partial charge in [-0.1, -0.05) is 42.6 Å². The fourth-order valence-electron chi connectivity index (χ4n) is 2.05. The molecule has 2 nitrogen and oxygen atoms in total. The summed E-state index contributed by atoms with van der Waals surface area (Å²) in [6.07, 6.45) is 7.65. The third-order valence-corrected chi connectivity index (χ3v) is 4.71. The van der Waals surface area contributed by atoms with E-state index in [2.05, 4.69) is 29.8 Å². The molecule has 0 heterocycles. The van der Waals surface area contributed by atoms with Crippen LogP contribution >= 0.6 is 15.9 Å². The number of alkyl halides is 1. The molecule has 17 heavy (non-hydrogen) atoms. The zero-order valence-corrected chi connectivity index (χ0v) is 13.4. The van der Waals surface area contributed by atoms with E-state index in [1.54, 1.807) is 7.11 Å². The molecule has 0 rings (SSSR count). The third kappa shape index (κ3) is 8.17. The molecule has 0 aliphatic heterocycles. The fraction of sp³-hybridized carbons (Fsp3) is 1.00. The molecule has 1 unspecified atom stereocenters. The summed E-state index contributed by atoms with van der Waals surface area (Å²) in [5.74, 6) is 0. The number of hydrogen-bond donors (Lipinski definition) is 0. The first-order valence-corrected chi connectivity index (χ1v) is 7.99. The summed E-state index contributed by atoms with van der Waals surface area (Å²) in [7, 11) is 1.71. The Morgan fingerprint density at radius 3 is 2.24 bits per heavy atom. The number of methoxy groups -OCH3 is 1. The highest BCUT2D eigenvalue weighted by molar-refractivity contribution is 9.09. The van der Waals surface area contributed by atoms with Gasteiger partial charge in [0.2, 0.25) is 0 Å². The maximum Gasteiger partial charge on any atom is 0.0700 e. The SMILES string of the molecule is CCCCC(CC)(CBr)CCCOCCOC. The van der Waals surface area contributed by atoms with Gasteiger partial charge >= 0.3 is 0 Å². The van der Waals surface area contributed by atoms with E-state index in [0.29, 0.717) is 12.0 Å². The van der Waals surface area contributed by atoms with Gasteiger partial charge in [-0.05, 0) is 31.1 Å². The van der Waals surface area contributed by atoms with E-state index in [-0.39, 0.29) is 0 Å². The molecule has 0 aliphatic carbocycles. The van der Waals surface area contributed by atoms with Gasteiger partial charge in [-0.3, -0.25) is 0 Å². The second-order valence-electron chi connectivity index (χ2n) is 4.80. The van der Waals surface area contributed by atoms with Crippen molar-refractivity contribution in [2.45, 2.75) is 52.4 Å². The Morgan fingerprint density at radius 2 is 1.71 bits per heavy atom. The van der Waals surface area contributed by atoms with Gasteiger partial charge in [-0.25, -0.2) is 0 Å². The van der Waals surface area contributed by atoms with Crippen molar-refractivity contribution in [3.05, 3.63) is 0 Å². The molecule has 1 atom stereocenters. The first-order chi connectivity index (χ1) is 8.24. The summed E-state index contributed by atoms with van der Waals surface area (Å²) in [6, 6.07) is 0. The van der Waals surface area contributed by atoms with Gasteiger partial charge in [-0.2, -0.15) is 0 Å². The van der Waals surface area contributed by atoms with Gasteiger partial charge in [0.1, 0.15) is 0 Å². The van der Waals surface area contributed by atoms with Gasteiger partial charge in [0.25, 0.3) is 0 Å². The summed E-state index contributed by atoms with van der Waals surface area (Å²) in [4.78, 5) is 0. The second kappa shape index (κ2) is 11.5. The van der Waals surface area contributed by atoms with Crippen LogP contribution < -0.4 is 0 Å². The molecule has 0 aliphatic rings. The lowest BCUT2D eigenvalue weighted by Crippen LogP contribution is -2.22. The lowest BCUT2D eigenvalue weighted by Gasteiger charge is -2.31. The van der Waals surface area contributed by atoms with Crippen LogP contribution in [0.2, 0.25) is 0 Å². The van der Waals surface area contributed by atoms with Crippen LogP contribution in [0.15, 0.2) is 0 Å². The Hall–Kier alpha value is 0.400. The molecule has 3 heteroatoms. The molecule has 0 bridgehead atoms. The number of rotatable bonds is 12. The minimum absolute atomic E-state index is 0.487. The lowest BCUT2D eigenvalue weighted by atomic mass is 9.78. The van der Waals surface area contributed by atoms with E-state index >= 15 is 0 Å². The molecule has 0 N–H and O–H groups in total. The average Bonchev–Trinajstić information content (AvgIpc) is 2.38. The van der Waals surface area contributed by atoms with Gasteiger partial charge < -0.3 is 9.47 Å². The fourth-order valence-corrected chi connectivity index (χ4v) is 3.01. The van der Waals surface area contributed by atoms with Gasteiger partial charge in [-0.15, -0.1) is 0 Å². The molecule has 0 spiro atoms. The summed E-state index contributed by atoms with van der Waals surface area (Å²) in [5, 5.41) is 1.12. The molecule has 0 aromatic carbocycles. The van der Waals surface area contributed by atoms with Crippen molar-refractivity contribution in [3.63, 3.8) is 0 Å². The highest BCUT2D eigenvalue weighted by atomic mass is 79.9. The highest BCUT2D eigenvalue weighted by Gasteiger charge is 2.25. The molecule has 0 aromatic rings. The molecule has 0 aromatic heterocycles. The normalized spacial score (nSPS) is 14.8. The number of ether oxygens (including phenoxy) is 2. The Morgan fingerprint density at radius 1 is 1.00 bits per heavy atom. The maximum absolute atomic E-state index is 5.52. The van der Waals surface area contributed by atoms with Gasteiger partial charge in [0.05, 0.1) is 13.2 Å². The molecular weight excluding hydrogens is 280 g/mol. The van der Waals surface area contributed by atoms with E-state index in [1.165, 1.54) is 32.1 Å². The zero-order chi connectivity index (χ0) is 13.0. The van der Waals surface area contributed by atoms with Crippen LogP contribution in [0.5, 0.6) is 0 Å². The third-order valence-electron chi connectivity index (χ3n) is 3.52. The van der Waals surface area contributed by atoms with Crippen molar-refractivity contribution in [2.75, 3.05) is 32.3 Å². The van der Waals surface area contributed by atoms with Crippen LogP contribution in [-0.2, 0) is 9.47 Å². The maximum atomic E-state index is 5.52. The highest BCUT2D eigenvalue weighted by Crippen LogP contribution is 2.35. The van der Waals surface area contributed by atoms with Crippen LogP contribution in [-0.4, -0.2) is 32.3 Å². The minimum atomic E-state index is 0.487. The molecule has 0 fully saturated rings. The van der Waals surface area contributed by atoms with Crippen molar-refractivity contribution in [1.82, 2.24) is 0 Å². The van der Waals surface area contributed by atoms with E-state index in [4.69, 9.17) is 9.47 Å². The summed E-state index contributed by atoms with van der Waals surface area (Å²) in [5.41, 5.74) is 0.487. The average molecular weight is 309 g/mol. The summed E-state index contributed by atoms with van der Waals surface area (Å²) >= 11 is 3.70. The van der Waals surface area contributed by atoms with Crippen molar-refractivity contribution < 1.29 is 9.47 Å². The zero-order valence-electron chi connectivity index (χ0n) is 11.8. The standard InChI is InChI=1S/C14H29BrO2/c1-4-6-8-14(5-2,13-15)9-7-10-17-12-11-16-3/h4-13H2,1-3H3. The number of halogens is 1. The number of unbranched alkanes of at least 4 members (excludes halogenated alkanes) is 1. The Bertz CT molecular complexity index is 158. The molecule has 0 amide bonds. The van der Waals surface area contributed by atoms with Crippen LogP contribution in [0.25, 0.3) is 0 Å². The Kier molecular flexibility index (Phi) is 11.8. The molecule has 104 valence electrons. The smallest absolute Gasteiger partial charge is 0.0700 e. The quantitative estimate of drug-likeness (QED) is 0.393. The van der Waals surface area contributed by atoms with Gasteiger partial charge in [0, 0.05) is 19.0 Å². The van der Waals surface area contributed by atoms with Crippen LogP contribution in [0, 0.1) is 5.41 Å². The molecule has 0 saturated heterocycles.